The Hall–Kier alpha value is -3.15. The average Bonchev–Trinajstić information content (AvgIpc) is 3.45. The standard InChI is InChI=1S/C29H36N2O4/c1-3-4-6-11-22(32)18-23(33)13-12-20-16-26(29(34)27(17-20)35-2)31-19-25-24(14-15-30-25)28(31)21-9-7-5-8-10-21/h12-17,21,34H,3-11,18-19H2,1-2H3. The second-order valence-corrected chi connectivity index (χ2v) is 9.67. The number of anilines is 1. The van der Waals surface area contributed by atoms with E-state index >= 15 is 0 Å². The number of carbonyl (C=O) groups is 2. The lowest BCUT2D eigenvalue weighted by Gasteiger charge is -2.32. The van der Waals surface area contributed by atoms with Crippen molar-refractivity contribution in [3.63, 3.8) is 0 Å². The maximum Gasteiger partial charge on any atom is 0.182 e. The predicted molar refractivity (Wildman–Crippen MR) is 140 cm³/mol. The number of Topliss-reactive ketones (excluding diaryl/α,β-unsaturated/α-hetero) is 1. The van der Waals surface area contributed by atoms with Crippen LogP contribution in [0.25, 0.3) is 6.08 Å². The van der Waals surface area contributed by atoms with Crippen LogP contribution in [0.1, 0.15) is 76.7 Å². The van der Waals surface area contributed by atoms with Crippen molar-refractivity contribution in [2.45, 2.75) is 71.1 Å². The molecule has 3 aliphatic rings. The normalized spacial score (nSPS) is 17.9. The van der Waals surface area contributed by atoms with E-state index in [4.69, 9.17) is 4.74 Å². The van der Waals surface area contributed by atoms with Gasteiger partial charge in [0, 0.05) is 23.9 Å². The third-order valence-corrected chi connectivity index (χ3v) is 7.13. The van der Waals surface area contributed by atoms with Crippen molar-refractivity contribution >= 4 is 29.0 Å². The number of phenolic OH excluding ortho intramolecular Hbond substituents is 1. The molecule has 1 aromatic carbocycles. The molecule has 0 amide bonds. The van der Waals surface area contributed by atoms with E-state index in [1.807, 2.05) is 12.3 Å². The zero-order valence-corrected chi connectivity index (χ0v) is 20.9. The third-order valence-electron chi connectivity index (χ3n) is 7.13. The van der Waals surface area contributed by atoms with Crippen LogP contribution in [0.2, 0.25) is 0 Å². The minimum Gasteiger partial charge on any atom is -0.503 e. The van der Waals surface area contributed by atoms with Crippen molar-refractivity contribution in [2.75, 3.05) is 18.6 Å². The summed E-state index contributed by atoms with van der Waals surface area (Å²) in [4.78, 5) is 31.2. The predicted octanol–water partition coefficient (Wildman–Crippen LogP) is 6.15. The van der Waals surface area contributed by atoms with Crippen molar-refractivity contribution in [1.82, 2.24) is 0 Å². The van der Waals surface area contributed by atoms with E-state index in [1.165, 1.54) is 43.7 Å². The molecule has 2 heterocycles. The number of carbonyl (C=O) groups excluding carboxylic acids is 2. The number of hydrogen-bond donors (Lipinski definition) is 1. The fraction of sp³-hybridized carbons (Fsp3) is 0.483. The molecule has 1 aromatic rings. The zero-order chi connectivity index (χ0) is 24.8. The van der Waals surface area contributed by atoms with Crippen LogP contribution >= 0.6 is 0 Å². The molecule has 6 nitrogen and oxygen atoms in total. The molecule has 1 saturated carbocycles. The van der Waals surface area contributed by atoms with Crippen LogP contribution < -0.4 is 9.64 Å². The smallest absolute Gasteiger partial charge is 0.182 e. The minimum absolute atomic E-state index is 0.0155. The Morgan fingerprint density at radius 3 is 2.74 bits per heavy atom. The number of methoxy groups -OCH3 is 1. The van der Waals surface area contributed by atoms with Crippen molar-refractivity contribution in [1.29, 1.82) is 0 Å². The lowest BCUT2D eigenvalue weighted by molar-refractivity contribution is -0.124. The summed E-state index contributed by atoms with van der Waals surface area (Å²) >= 11 is 0. The summed E-state index contributed by atoms with van der Waals surface area (Å²) in [5.74, 6) is 0.644. The van der Waals surface area contributed by atoms with E-state index in [-0.39, 0.29) is 23.7 Å². The molecule has 0 radical (unpaired) electrons. The van der Waals surface area contributed by atoms with E-state index in [0.717, 1.165) is 43.4 Å². The van der Waals surface area contributed by atoms with Crippen molar-refractivity contribution in [3.05, 3.63) is 47.3 Å². The number of hydrogen-bond acceptors (Lipinski definition) is 6. The molecule has 1 fully saturated rings. The average molecular weight is 477 g/mol. The number of allylic oxidation sites excluding steroid dienone is 3. The van der Waals surface area contributed by atoms with Gasteiger partial charge >= 0.3 is 0 Å². The summed E-state index contributed by atoms with van der Waals surface area (Å²) in [7, 11) is 1.53. The highest BCUT2D eigenvalue weighted by atomic mass is 16.5. The Morgan fingerprint density at radius 1 is 1.20 bits per heavy atom. The van der Waals surface area contributed by atoms with Crippen LogP contribution in [0.4, 0.5) is 5.69 Å². The molecule has 0 spiro atoms. The number of phenols is 1. The molecule has 0 aromatic heterocycles. The van der Waals surface area contributed by atoms with E-state index in [2.05, 4.69) is 22.9 Å². The molecule has 2 aliphatic heterocycles. The second-order valence-electron chi connectivity index (χ2n) is 9.67. The van der Waals surface area contributed by atoms with Crippen LogP contribution in [-0.2, 0) is 9.59 Å². The van der Waals surface area contributed by atoms with Crippen molar-refractivity contribution in [2.24, 2.45) is 10.9 Å². The highest BCUT2D eigenvalue weighted by molar-refractivity contribution is 6.12. The fourth-order valence-corrected chi connectivity index (χ4v) is 5.31. The molecule has 1 aliphatic carbocycles. The highest BCUT2D eigenvalue weighted by Gasteiger charge is 2.36. The van der Waals surface area contributed by atoms with Gasteiger partial charge in [-0.3, -0.25) is 14.6 Å². The quantitative estimate of drug-likeness (QED) is 0.236. The number of aliphatic imine (C=N–C) groups is 1. The SMILES string of the molecule is CCCCCC(=O)CC(=O)C=Cc1cc(OC)c(O)c(N2CC3=NC=CC3=C2C2CCCCC2)c1. The first kappa shape index (κ1) is 25.0. The van der Waals surface area contributed by atoms with Crippen molar-refractivity contribution in [3.8, 4) is 11.5 Å². The summed E-state index contributed by atoms with van der Waals surface area (Å²) < 4.78 is 5.48. The van der Waals surface area contributed by atoms with E-state index in [1.54, 1.807) is 12.1 Å². The number of fused-ring (bicyclic) bond motifs is 1. The minimum atomic E-state index is -0.208. The number of aromatic hydroxyl groups is 1. The third kappa shape index (κ3) is 5.75. The molecule has 0 bridgehead atoms. The molecule has 0 unspecified atom stereocenters. The van der Waals surface area contributed by atoms with Gasteiger partial charge < -0.3 is 14.7 Å². The molecule has 4 rings (SSSR count). The molecule has 35 heavy (non-hydrogen) atoms. The maximum atomic E-state index is 12.4. The Labute approximate surface area is 208 Å². The summed E-state index contributed by atoms with van der Waals surface area (Å²) in [6.07, 6.45) is 16.3. The summed E-state index contributed by atoms with van der Waals surface area (Å²) in [6, 6.07) is 3.60. The summed E-state index contributed by atoms with van der Waals surface area (Å²) in [6.45, 7) is 2.69. The Kier molecular flexibility index (Phi) is 8.21. The number of ether oxygens (including phenoxy) is 1. The zero-order valence-electron chi connectivity index (χ0n) is 20.9. The van der Waals surface area contributed by atoms with Gasteiger partial charge in [-0.25, -0.2) is 0 Å². The molecule has 186 valence electrons. The molecule has 0 atom stereocenters. The van der Waals surface area contributed by atoms with Gasteiger partial charge in [0.25, 0.3) is 0 Å². The highest BCUT2D eigenvalue weighted by Crippen LogP contribution is 2.46. The van der Waals surface area contributed by atoms with E-state index in [0.29, 0.717) is 30.3 Å². The monoisotopic (exact) mass is 476 g/mol. The number of nitrogens with zero attached hydrogens (tertiary/aromatic N) is 2. The first-order valence-corrected chi connectivity index (χ1v) is 12.9. The molecule has 1 N–H and O–H groups in total. The van der Waals surface area contributed by atoms with E-state index < -0.39 is 0 Å². The van der Waals surface area contributed by atoms with Crippen LogP contribution in [0.3, 0.4) is 0 Å². The summed E-state index contributed by atoms with van der Waals surface area (Å²) in [5, 5.41) is 11.1. The van der Waals surface area contributed by atoms with Gasteiger partial charge in [0.1, 0.15) is 5.78 Å². The first-order valence-electron chi connectivity index (χ1n) is 12.9. The van der Waals surface area contributed by atoms with Gasteiger partial charge in [-0.1, -0.05) is 45.1 Å². The van der Waals surface area contributed by atoms with Crippen LogP contribution in [0, 0.1) is 5.92 Å². The van der Waals surface area contributed by atoms with Gasteiger partial charge in [-0.15, -0.1) is 0 Å². The van der Waals surface area contributed by atoms with Gasteiger partial charge in [0.15, 0.2) is 17.3 Å². The largest absolute Gasteiger partial charge is 0.503 e. The number of ketones is 2. The Bertz CT molecular complexity index is 1090. The second kappa shape index (κ2) is 11.5. The van der Waals surface area contributed by atoms with Crippen LogP contribution in [-0.4, -0.2) is 36.0 Å². The Balaban J connectivity index is 1.58. The topological polar surface area (TPSA) is 79.2 Å². The van der Waals surface area contributed by atoms with Crippen molar-refractivity contribution < 1.29 is 19.4 Å². The van der Waals surface area contributed by atoms with Crippen LogP contribution in [0.5, 0.6) is 11.5 Å². The molecular formula is C29H36N2O4. The molecule has 0 saturated heterocycles. The van der Waals surface area contributed by atoms with Crippen LogP contribution in [0.15, 0.2) is 46.7 Å². The molecule has 6 heteroatoms. The number of unbranched alkanes of at least 4 members (excludes halogenated alkanes) is 2. The maximum absolute atomic E-state index is 12.4. The lowest BCUT2D eigenvalue weighted by atomic mass is 9.85. The van der Waals surface area contributed by atoms with Gasteiger partial charge in [0.05, 0.1) is 31.5 Å². The Morgan fingerprint density at radius 2 is 2.00 bits per heavy atom. The molecular weight excluding hydrogens is 440 g/mol. The van der Waals surface area contributed by atoms with E-state index in [9.17, 15) is 14.7 Å². The first-order chi connectivity index (χ1) is 17.0. The van der Waals surface area contributed by atoms with Gasteiger partial charge in [-0.05, 0) is 55.0 Å². The fourth-order valence-electron chi connectivity index (χ4n) is 5.31. The summed E-state index contributed by atoms with van der Waals surface area (Å²) in [5.41, 5.74) is 4.83. The number of benzene rings is 1. The number of rotatable bonds is 11. The van der Waals surface area contributed by atoms with Gasteiger partial charge in [-0.2, -0.15) is 0 Å². The van der Waals surface area contributed by atoms with Gasteiger partial charge in [0.2, 0.25) is 0 Å². The lowest BCUT2D eigenvalue weighted by Crippen LogP contribution is -2.27.